The van der Waals surface area contributed by atoms with Crippen molar-refractivity contribution >= 4 is 63.0 Å². The van der Waals surface area contributed by atoms with Crippen LogP contribution in [-0.4, -0.2) is 23.8 Å². The molecule has 0 aliphatic rings. The largest absolute Gasteiger partial charge is 0.506 e. The van der Waals surface area contributed by atoms with E-state index < -0.39 is 0 Å². The van der Waals surface area contributed by atoms with Gasteiger partial charge in [0.1, 0.15) is 5.75 Å². The van der Waals surface area contributed by atoms with E-state index in [1.807, 2.05) is 76.4 Å². The van der Waals surface area contributed by atoms with Crippen molar-refractivity contribution in [2.45, 2.75) is 6.92 Å². The van der Waals surface area contributed by atoms with Crippen molar-refractivity contribution < 1.29 is 9.90 Å². The molecule has 0 spiro atoms. The third-order valence-corrected chi connectivity index (χ3v) is 4.56. The van der Waals surface area contributed by atoms with Crippen molar-refractivity contribution in [1.29, 1.82) is 0 Å². The third kappa shape index (κ3) is 5.65. The number of aryl methyl sites for hydroxylation is 1. The van der Waals surface area contributed by atoms with Gasteiger partial charge in [0.2, 0.25) is 0 Å². The number of carbonyl (C=O) groups excluding carboxylic acids is 1. The number of benzene rings is 2. The molecule has 0 unspecified atom stereocenters. The Balaban J connectivity index is 1.86. The molecule has 23 heavy (non-hydrogen) atoms. The normalized spacial score (nSPS) is 10.7. The van der Waals surface area contributed by atoms with Gasteiger partial charge in [0.25, 0.3) is 5.91 Å². The van der Waals surface area contributed by atoms with Crippen molar-refractivity contribution in [3.05, 3.63) is 54.7 Å². The first-order valence-corrected chi connectivity index (χ1v) is 8.92. The first-order chi connectivity index (χ1) is 11.0. The number of nitrogens with zero attached hydrogens (tertiary/aromatic N) is 1. The number of halogens is 2. The van der Waals surface area contributed by atoms with Gasteiger partial charge in [-0.15, -0.1) is 0 Å². The molecule has 0 saturated carbocycles. The van der Waals surface area contributed by atoms with Gasteiger partial charge in [-0.1, -0.05) is 12.1 Å². The molecule has 0 fully saturated rings. The Morgan fingerprint density at radius 3 is 2.61 bits per heavy atom. The van der Waals surface area contributed by atoms with E-state index in [1.165, 1.54) is 0 Å². The zero-order valence-electron chi connectivity index (χ0n) is 12.3. The molecule has 2 rings (SSSR count). The molecule has 0 aliphatic carbocycles. The number of hydrogen-bond acceptors (Lipinski definition) is 4. The number of carbonyl (C=O) groups is 1. The Morgan fingerprint density at radius 1 is 1.26 bits per heavy atom. The Bertz CT molecular complexity index is 725. The number of nitrogens with one attached hydrogen (secondary N) is 2. The lowest BCUT2D eigenvalue weighted by Gasteiger charge is -2.06. The van der Waals surface area contributed by atoms with Crippen LogP contribution in [0.4, 0.5) is 5.69 Å². The highest BCUT2D eigenvalue weighted by Crippen LogP contribution is 2.26. The third-order valence-electron chi connectivity index (χ3n) is 2.91. The second-order valence-electron chi connectivity index (χ2n) is 4.85. The number of amides is 1. The molecular formula is C16H15I2N3O2. The van der Waals surface area contributed by atoms with Crippen molar-refractivity contribution in [2.75, 3.05) is 11.9 Å². The van der Waals surface area contributed by atoms with E-state index in [4.69, 9.17) is 0 Å². The summed E-state index contributed by atoms with van der Waals surface area (Å²) < 4.78 is 1.48. The minimum absolute atomic E-state index is 0.144. The predicted octanol–water partition coefficient (Wildman–Crippen LogP) is 3.47. The molecule has 0 aromatic heterocycles. The van der Waals surface area contributed by atoms with E-state index >= 15 is 0 Å². The van der Waals surface area contributed by atoms with Crippen molar-refractivity contribution in [3.63, 3.8) is 0 Å². The maximum absolute atomic E-state index is 11.7. The van der Waals surface area contributed by atoms with Crippen LogP contribution >= 0.6 is 45.2 Å². The summed E-state index contributed by atoms with van der Waals surface area (Å²) in [6, 6.07) is 11.4. The highest BCUT2D eigenvalue weighted by molar-refractivity contribution is 14.1. The highest BCUT2D eigenvalue weighted by atomic mass is 127. The molecule has 3 N–H and O–H groups in total. The van der Waals surface area contributed by atoms with E-state index in [2.05, 4.69) is 15.8 Å². The summed E-state index contributed by atoms with van der Waals surface area (Å²) in [6.45, 7) is 2.14. The standard InChI is InChI=1S/C16H15I2N3O2/c1-10-3-2-4-12(5-10)19-9-15(22)21-20-8-11-6-13(17)16(23)14(18)7-11/h2-8,19,23H,9H2,1H3,(H,21,22)/b20-8+. The summed E-state index contributed by atoms with van der Waals surface area (Å²) in [7, 11) is 0. The Hall–Kier alpha value is -1.36. The SMILES string of the molecule is Cc1cccc(NCC(=O)N/N=C/c2cc(I)c(O)c(I)c2)c1. The van der Waals surface area contributed by atoms with Crippen LogP contribution in [0.3, 0.4) is 0 Å². The molecule has 0 heterocycles. The summed E-state index contributed by atoms with van der Waals surface area (Å²) in [6.07, 6.45) is 1.55. The molecule has 2 aromatic rings. The summed E-state index contributed by atoms with van der Waals surface area (Å²) in [5.41, 5.74) is 5.30. The molecule has 1 amide bonds. The van der Waals surface area contributed by atoms with Crippen molar-refractivity contribution in [3.8, 4) is 5.75 Å². The van der Waals surface area contributed by atoms with E-state index in [0.717, 1.165) is 24.0 Å². The predicted molar refractivity (Wildman–Crippen MR) is 109 cm³/mol. The number of hydrogen-bond donors (Lipinski definition) is 3. The van der Waals surface area contributed by atoms with Gasteiger partial charge in [0.15, 0.2) is 0 Å². The second kappa shape index (κ2) is 8.48. The zero-order chi connectivity index (χ0) is 16.8. The lowest BCUT2D eigenvalue weighted by atomic mass is 10.2. The molecule has 0 aliphatic heterocycles. The quantitative estimate of drug-likeness (QED) is 0.312. The van der Waals surface area contributed by atoms with Crippen LogP contribution in [-0.2, 0) is 4.79 Å². The van der Waals surface area contributed by atoms with Gasteiger partial charge in [-0.3, -0.25) is 4.79 Å². The minimum Gasteiger partial charge on any atom is -0.506 e. The van der Waals surface area contributed by atoms with Crippen LogP contribution in [0.1, 0.15) is 11.1 Å². The lowest BCUT2D eigenvalue weighted by molar-refractivity contribution is -0.119. The maximum atomic E-state index is 11.7. The van der Waals surface area contributed by atoms with Crippen molar-refractivity contribution in [2.24, 2.45) is 5.10 Å². The van der Waals surface area contributed by atoms with E-state index in [1.54, 1.807) is 18.3 Å². The van der Waals surface area contributed by atoms with Gasteiger partial charge in [-0.25, -0.2) is 5.43 Å². The van der Waals surface area contributed by atoms with Crippen LogP contribution < -0.4 is 10.7 Å². The summed E-state index contributed by atoms with van der Waals surface area (Å²) in [5.74, 6) is 0.0284. The fourth-order valence-electron chi connectivity index (χ4n) is 1.82. The zero-order valence-corrected chi connectivity index (χ0v) is 16.6. The van der Waals surface area contributed by atoms with Gasteiger partial charge in [0, 0.05) is 5.69 Å². The number of anilines is 1. The average Bonchev–Trinajstić information content (AvgIpc) is 2.50. The molecule has 0 bridgehead atoms. The first kappa shape index (κ1) is 18.0. The number of phenolic OH excluding ortho intramolecular Hbond substituents is 1. The average molecular weight is 535 g/mol. The van der Waals surface area contributed by atoms with Gasteiger partial charge < -0.3 is 10.4 Å². The molecule has 0 radical (unpaired) electrons. The minimum atomic E-state index is -0.231. The van der Waals surface area contributed by atoms with Gasteiger partial charge >= 0.3 is 0 Å². The van der Waals surface area contributed by atoms with Crippen molar-refractivity contribution in [1.82, 2.24) is 5.43 Å². The highest BCUT2D eigenvalue weighted by Gasteiger charge is 2.04. The van der Waals surface area contributed by atoms with Crippen LogP contribution in [0.15, 0.2) is 41.5 Å². The van der Waals surface area contributed by atoms with Crippen LogP contribution in [0.25, 0.3) is 0 Å². The number of hydrazone groups is 1. The number of aromatic hydroxyl groups is 1. The van der Waals surface area contributed by atoms with Crippen LogP contribution in [0.2, 0.25) is 0 Å². The summed E-state index contributed by atoms with van der Waals surface area (Å²) in [5, 5.41) is 16.7. The molecule has 0 atom stereocenters. The number of rotatable bonds is 5. The molecule has 7 heteroatoms. The van der Waals surface area contributed by atoms with E-state index in [9.17, 15) is 9.90 Å². The Labute approximate surface area is 161 Å². The number of phenols is 1. The molecule has 5 nitrogen and oxygen atoms in total. The topological polar surface area (TPSA) is 73.7 Å². The van der Waals surface area contributed by atoms with E-state index in [0.29, 0.717) is 0 Å². The monoisotopic (exact) mass is 535 g/mol. The molecular weight excluding hydrogens is 520 g/mol. The Morgan fingerprint density at radius 2 is 1.96 bits per heavy atom. The summed E-state index contributed by atoms with van der Waals surface area (Å²) >= 11 is 4.10. The maximum Gasteiger partial charge on any atom is 0.259 e. The smallest absolute Gasteiger partial charge is 0.259 e. The lowest BCUT2D eigenvalue weighted by Crippen LogP contribution is -2.25. The van der Waals surface area contributed by atoms with Gasteiger partial charge in [-0.05, 0) is 87.5 Å². The summed E-state index contributed by atoms with van der Waals surface area (Å²) in [4.78, 5) is 11.7. The molecule has 0 saturated heterocycles. The Kier molecular flexibility index (Phi) is 6.63. The van der Waals surface area contributed by atoms with Crippen LogP contribution in [0.5, 0.6) is 5.75 Å². The molecule has 120 valence electrons. The van der Waals surface area contributed by atoms with E-state index in [-0.39, 0.29) is 18.2 Å². The van der Waals surface area contributed by atoms with Gasteiger partial charge in [-0.2, -0.15) is 5.10 Å². The fourth-order valence-corrected chi connectivity index (χ4v) is 3.63. The van der Waals surface area contributed by atoms with Crippen LogP contribution in [0, 0.1) is 14.1 Å². The van der Waals surface area contributed by atoms with Gasteiger partial charge in [0.05, 0.1) is 19.9 Å². The fraction of sp³-hybridized carbons (Fsp3) is 0.125. The second-order valence-corrected chi connectivity index (χ2v) is 7.17. The first-order valence-electron chi connectivity index (χ1n) is 6.76. The molecule has 2 aromatic carbocycles.